The van der Waals surface area contributed by atoms with Gasteiger partial charge in [-0.2, -0.15) is 0 Å². The van der Waals surface area contributed by atoms with Crippen molar-refractivity contribution in [3.05, 3.63) is 29.8 Å². The van der Waals surface area contributed by atoms with Gasteiger partial charge in [0.15, 0.2) is 0 Å². The lowest BCUT2D eigenvalue weighted by Gasteiger charge is -2.46. The number of nitrogens with one attached hydrogen (secondary N) is 1. The van der Waals surface area contributed by atoms with Crippen LogP contribution in [-0.4, -0.2) is 72.8 Å². The van der Waals surface area contributed by atoms with Gasteiger partial charge in [-0.25, -0.2) is 4.79 Å². The Morgan fingerprint density at radius 3 is 2.63 bits per heavy atom. The van der Waals surface area contributed by atoms with Gasteiger partial charge in [0, 0.05) is 32.1 Å². The first-order valence-corrected chi connectivity index (χ1v) is 9.71. The average Bonchev–Trinajstić information content (AvgIpc) is 2.60. The minimum Gasteiger partial charge on any atom is -0.491 e. The van der Waals surface area contributed by atoms with Crippen LogP contribution in [0.4, 0.5) is 4.79 Å². The van der Waals surface area contributed by atoms with Gasteiger partial charge in [0.2, 0.25) is 5.91 Å². The summed E-state index contributed by atoms with van der Waals surface area (Å²) in [5, 5.41) is 2.94. The minimum atomic E-state index is -0.0977. The van der Waals surface area contributed by atoms with E-state index in [9.17, 15) is 9.59 Å². The molecule has 3 heterocycles. The Bertz CT molecular complexity index is 700. The molecule has 27 heavy (non-hydrogen) atoms. The number of benzene rings is 1. The molecule has 1 aromatic rings. The van der Waals surface area contributed by atoms with E-state index in [4.69, 9.17) is 9.47 Å². The number of hydrogen-bond donors (Lipinski definition) is 1. The number of amides is 3. The Balaban J connectivity index is 1.29. The summed E-state index contributed by atoms with van der Waals surface area (Å²) in [6, 6.07) is 8.14. The Labute approximate surface area is 159 Å². The normalized spacial score (nSPS) is 25.7. The summed E-state index contributed by atoms with van der Waals surface area (Å²) in [6.45, 7) is 6.82. The van der Waals surface area contributed by atoms with Crippen molar-refractivity contribution in [3.8, 4) is 5.75 Å². The zero-order valence-corrected chi connectivity index (χ0v) is 15.9. The minimum absolute atomic E-state index is 0.0301. The lowest BCUT2D eigenvalue weighted by Crippen LogP contribution is -2.63. The molecule has 1 aromatic carbocycles. The molecule has 2 atom stereocenters. The van der Waals surface area contributed by atoms with Crippen molar-refractivity contribution in [2.75, 3.05) is 32.8 Å². The van der Waals surface area contributed by atoms with Gasteiger partial charge < -0.3 is 24.6 Å². The summed E-state index contributed by atoms with van der Waals surface area (Å²) in [5.41, 5.74) is 1.24. The molecule has 0 saturated carbocycles. The van der Waals surface area contributed by atoms with E-state index in [1.54, 1.807) is 0 Å². The van der Waals surface area contributed by atoms with Gasteiger partial charge in [0.25, 0.3) is 0 Å². The van der Waals surface area contributed by atoms with Crippen LogP contribution < -0.4 is 10.1 Å². The van der Waals surface area contributed by atoms with E-state index in [0.717, 1.165) is 25.3 Å². The van der Waals surface area contributed by atoms with Gasteiger partial charge in [0.05, 0.1) is 18.2 Å². The van der Waals surface area contributed by atoms with Crippen molar-refractivity contribution in [1.82, 2.24) is 15.1 Å². The third kappa shape index (κ3) is 3.88. The molecule has 4 rings (SSSR count). The van der Waals surface area contributed by atoms with E-state index in [-0.39, 0.29) is 36.8 Å². The fraction of sp³-hybridized carbons (Fsp3) is 0.600. The molecule has 7 nitrogen and oxygen atoms in total. The van der Waals surface area contributed by atoms with Crippen LogP contribution in [-0.2, 0) is 9.53 Å². The van der Waals surface area contributed by atoms with Crippen LogP contribution in [0.3, 0.4) is 0 Å². The largest absolute Gasteiger partial charge is 0.491 e. The molecule has 3 aliphatic rings. The summed E-state index contributed by atoms with van der Waals surface area (Å²) in [4.78, 5) is 28.0. The molecule has 0 bridgehead atoms. The number of hydrogen-bond acceptors (Lipinski definition) is 4. The van der Waals surface area contributed by atoms with Crippen LogP contribution >= 0.6 is 0 Å². The van der Waals surface area contributed by atoms with Crippen molar-refractivity contribution < 1.29 is 19.1 Å². The maximum atomic E-state index is 12.8. The molecule has 0 spiro atoms. The molecular formula is C20H27N3O4. The smallest absolute Gasteiger partial charge is 0.320 e. The van der Waals surface area contributed by atoms with Crippen LogP contribution in [0, 0.1) is 0 Å². The Hall–Kier alpha value is -2.28. The van der Waals surface area contributed by atoms with Crippen molar-refractivity contribution in [3.63, 3.8) is 0 Å². The lowest BCUT2D eigenvalue weighted by molar-refractivity contribution is -0.139. The number of nitrogens with zero attached hydrogens (tertiary/aromatic N) is 2. The van der Waals surface area contributed by atoms with E-state index in [0.29, 0.717) is 19.0 Å². The number of carbonyl (C=O) groups excluding carboxylic acids is 2. The highest BCUT2D eigenvalue weighted by atomic mass is 16.5. The number of morpholine rings is 1. The lowest BCUT2D eigenvalue weighted by atomic mass is 9.91. The van der Waals surface area contributed by atoms with Crippen LogP contribution in [0.2, 0.25) is 0 Å². The van der Waals surface area contributed by atoms with Crippen LogP contribution in [0.1, 0.15) is 31.7 Å². The van der Waals surface area contributed by atoms with Crippen molar-refractivity contribution in [2.24, 2.45) is 0 Å². The molecule has 0 radical (unpaired) electrons. The SMILES string of the molecule is CC(C)Oc1ccc(C2CN(C(=O)N3CC[C@@H]4OCC(=O)N[C@@H]4C3)C2)cc1. The topological polar surface area (TPSA) is 71.1 Å². The Kier molecular flexibility index (Phi) is 4.95. The van der Waals surface area contributed by atoms with Crippen molar-refractivity contribution >= 4 is 11.9 Å². The first-order valence-electron chi connectivity index (χ1n) is 9.71. The molecule has 0 aliphatic carbocycles. The maximum absolute atomic E-state index is 12.8. The highest BCUT2D eigenvalue weighted by Crippen LogP contribution is 2.30. The number of ether oxygens (including phenoxy) is 2. The molecule has 146 valence electrons. The highest BCUT2D eigenvalue weighted by molar-refractivity contribution is 5.79. The van der Waals surface area contributed by atoms with E-state index in [1.807, 2.05) is 35.8 Å². The Morgan fingerprint density at radius 2 is 1.93 bits per heavy atom. The van der Waals surface area contributed by atoms with E-state index in [1.165, 1.54) is 5.56 Å². The van der Waals surface area contributed by atoms with Crippen LogP contribution in [0.15, 0.2) is 24.3 Å². The fourth-order valence-corrected chi connectivity index (χ4v) is 4.01. The number of likely N-dealkylation sites (tertiary alicyclic amines) is 2. The molecule has 0 aromatic heterocycles. The predicted molar refractivity (Wildman–Crippen MR) is 99.8 cm³/mol. The quantitative estimate of drug-likeness (QED) is 0.873. The number of piperidine rings is 1. The third-order valence-corrected chi connectivity index (χ3v) is 5.47. The average molecular weight is 373 g/mol. The second-order valence-electron chi connectivity index (χ2n) is 7.88. The zero-order chi connectivity index (χ0) is 19.0. The summed E-state index contributed by atoms with van der Waals surface area (Å²) in [7, 11) is 0. The van der Waals surface area contributed by atoms with E-state index < -0.39 is 0 Å². The summed E-state index contributed by atoms with van der Waals surface area (Å²) >= 11 is 0. The van der Waals surface area contributed by atoms with Crippen molar-refractivity contribution in [2.45, 2.75) is 44.4 Å². The van der Waals surface area contributed by atoms with Crippen LogP contribution in [0.5, 0.6) is 5.75 Å². The number of urea groups is 1. The second-order valence-corrected chi connectivity index (χ2v) is 7.88. The molecule has 3 saturated heterocycles. The van der Waals surface area contributed by atoms with Gasteiger partial charge in [-0.15, -0.1) is 0 Å². The van der Waals surface area contributed by atoms with Gasteiger partial charge in [-0.1, -0.05) is 12.1 Å². The second kappa shape index (κ2) is 7.38. The predicted octanol–water partition coefficient (Wildman–Crippen LogP) is 1.58. The fourth-order valence-electron chi connectivity index (χ4n) is 4.01. The first-order chi connectivity index (χ1) is 13.0. The monoisotopic (exact) mass is 373 g/mol. The molecule has 3 amide bonds. The highest BCUT2D eigenvalue weighted by Gasteiger charge is 2.40. The van der Waals surface area contributed by atoms with Gasteiger partial charge in [-0.3, -0.25) is 4.79 Å². The molecule has 3 aliphatic heterocycles. The number of carbonyl (C=O) groups is 2. The molecule has 7 heteroatoms. The molecule has 3 fully saturated rings. The third-order valence-electron chi connectivity index (χ3n) is 5.47. The van der Waals surface area contributed by atoms with E-state index >= 15 is 0 Å². The molecular weight excluding hydrogens is 346 g/mol. The summed E-state index contributed by atoms with van der Waals surface area (Å²) in [5.74, 6) is 1.15. The van der Waals surface area contributed by atoms with Gasteiger partial charge in [0.1, 0.15) is 12.4 Å². The zero-order valence-electron chi connectivity index (χ0n) is 15.9. The van der Waals surface area contributed by atoms with Gasteiger partial charge in [-0.05, 0) is 38.0 Å². The van der Waals surface area contributed by atoms with Crippen LogP contribution in [0.25, 0.3) is 0 Å². The Morgan fingerprint density at radius 1 is 1.19 bits per heavy atom. The summed E-state index contributed by atoms with van der Waals surface area (Å²) in [6.07, 6.45) is 0.962. The molecule has 1 N–H and O–H groups in total. The first kappa shape index (κ1) is 18.1. The summed E-state index contributed by atoms with van der Waals surface area (Å²) < 4.78 is 11.2. The standard InChI is InChI=1S/C20H27N3O4/c1-13(2)27-16-5-3-14(4-6-16)15-9-23(10-15)20(25)22-8-7-18-17(11-22)21-19(24)12-26-18/h3-6,13,15,17-18H,7-12H2,1-2H3,(H,21,24)/t17-,18+/m1/s1. The number of rotatable bonds is 3. The molecule has 0 unspecified atom stereocenters. The maximum Gasteiger partial charge on any atom is 0.320 e. The van der Waals surface area contributed by atoms with E-state index in [2.05, 4.69) is 17.4 Å². The van der Waals surface area contributed by atoms with Crippen molar-refractivity contribution in [1.29, 1.82) is 0 Å². The number of fused-ring (bicyclic) bond motifs is 1. The van der Waals surface area contributed by atoms with Gasteiger partial charge >= 0.3 is 6.03 Å².